The molecule has 0 aliphatic rings. The molecular formula is C14H19BrFNO. The van der Waals surface area contributed by atoms with Gasteiger partial charge in [0.05, 0.1) is 5.56 Å². The first-order valence-electron chi connectivity index (χ1n) is 5.97. The molecule has 2 nitrogen and oxygen atoms in total. The summed E-state index contributed by atoms with van der Waals surface area (Å²) >= 11 is 3.23. The average Bonchev–Trinajstić information content (AvgIpc) is 2.29. The van der Waals surface area contributed by atoms with E-state index in [1.165, 1.54) is 12.1 Å². The molecule has 0 fully saturated rings. The van der Waals surface area contributed by atoms with Gasteiger partial charge in [0.2, 0.25) is 0 Å². The minimum atomic E-state index is -0.502. The summed E-state index contributed by atoms with van der Waals surface area (Å²) in [5.74, 6) is -0.439. The van der Waals surface area contributed by atoms with Crippen molar-refractivity contribution in [3.05, 3.63) is 34.1 Å². The summed E-state index contributed by atoms with van der Waals surface area (Å²) < 4.78 is 14.2. The highest BCUT2D eigenvalue weighted by Crippen LogP contribution is 2.25. The van der Waals surface area contributed by atoms with Crippen molar-refractivity contribution in [2.24, 2.45) is 11.3 Å². The summed E-state index contributed by atoms with van der Waals surface area (Å²) in [7, 11) is 0. The zero-order chi connectivity index (χ0) is 13.9. The van der Waals surface area contributed by atoms with Crippen LogP contribution in [0.3, 0.4) is 0 Å². The van der Waals surface area contributed by atoms with E-state index in [9.17, 15) is 9.18 Å². The van der Waals surface area contributed by atoms with E-state index in [1.54, 1.807) is 6.07 Å². The molecule has 18 heavy (non-hydrogen) atoms. The Morgan fingerprint density at radius 1 is 1.44 bits per heavy atom. The monoisotopic (exact) mass is 315 g/mol. The van der Waals surface area contributed by atoms with Crippen molar-refractivity contribution in [2.75, 3.05) is 6.54 Å². The van der Waals surface area contributed by atoms with Crippen LogP contribution in [-0.2, 0) is 0 Å². The molecule has 1 rings (SSSR count). The molecule has 0 unspecified atom stereocenters. The van der Waals surface area contributed by atoms with Crippen molar-refractivity contribution in [3.8, 4) is 0 Å². The highest BCUT2D eigenvalue weighted by molar-refractivity contribution is 9.10. The number of carbonyl (C=O) groups excluding carboxylic acids is 1. The van der Waals surface area contributed by atoms with Gasteiger partial charge in [-0.1, -0.05) is 43.6 Å². The molecule has 0 radical (unpaired) electrons. The molecule has 0 saturated carbocycles. The van der Waals surface area contributed by atoms with Crippen LogP contribution in [0.5, 0.6) is 0 Å². The lowest BCUT2D eigenvalue weighted by molar-refractivity contribution is 0.0920. The predicted molar refractivity (Wildman–Crippen MR) is 75.1 cm³/mol. The second-order valence-corrected chi connectivity index (χ2v) is 6.37. The molecule has 1 N–H and O–H groups in total. The fourth-order valence-electron chi connectivity index (χ4n) is 1.28. The van der Waals surface area contributed by atoms with Crippen LogP contribution in [0.25, 0.3) is 0 Å². The van der Waals surface area contributed by atoms with E-state index in [-0.39, 0.29) is 16.9 Å². The van der Waals surface area contributed by atoms with Gasteiger partial charge in [0.25, 0.3) is 5.91 Å². The summed E-state index contributed by atoms with van der Waals surface area (Å²) in [6.07, 6.45) is 0. The first-order chi connectivity index (χ1) is 8.24. The minimum Gasteiger partial charge on any atom is -0.351 e. The van der Waals surface area contributed by atoms with Crippen LogP contribution in [0.2, 0.25) is 0 Å². The molecule has 0 aliphatic carbocycles. The zero-order valence-corrected chi connectivity index (χ0v) is 12.8. The third-order valence-corrected chi connectivity index (χ3v) is 3.93. The third-order valence-electron chi connectivity index (χ3n) is 3.44. The molecule has 0 bridgehead atoms. The Bertz CT molecular complexity index is 443. The maximum atomic E-state index is 13.5. The number of rotatable bonds is 4. The highest BCUT2D eigenvalue weighted by Gasteiger charge is 2.23. The number of hydrogen-bond donors (Lipinski definition) is 1. The number of hydrogen-bond acceptors (Lipinski definition) is 1. The normalized spacial score (nSPS) is 11.7. The summed E-state index contributed by atoms with van der Waals surface area (Å²) in [4.78, 5) is 11.9. The SMILES string of the molecule is CC(C)C(C)(C)CNC(=O)c1cc(Br)ccc1F. The van der Waals surface area contributed by atoms with Gasteiger partial charge >= 0.3 is 0 Å². The van der Waals surface area contributed by atoms with Crippen LogP contribution in [0.15, 0.2) is 22.7 Å². The van der Waals surface area contributed by atoms with Gasteiger partial charge < -0.3 is 5.32 Å². The topological polar surface area (TPSA) is 29.1 Å². The lowest BCUT2D eigenvalue weighted by atomic mass is 9.81. The van der Waals surface area contributed by atoms with Gasteiger partial charge in [-0.15, -0.1) is 0 Å². The second-order valence-electron chi connectivity index (χ2n) is 5.45. The van der Waals surface area contributed by atoms with Crippen LogP contribution in [0.1, 0.15) is 38.1 Å². The lowest BCUT2D eigenvalue weighted by Gasteiger charge is -2.29. The Hall–Kier alpha value is -0.900. The Labute approximate surface area is 116 Å². The van der Waals surface area contributed by atoms with Gasteiger partial charge in [-0.05, 0) is 29.5 Å². The molecule has 1 aromatic carbocycles. The van der Waals surface area contributed by atoms with Gasteiger partial charge in [0, 0.05) is 11.0 Å². The fourth-order valence-corrected chi connectivity index (χ4v) is 1.64. The van der Waals surface area contributed by atoms with E-state index in [0.717, 1.165) is 0 Å². The number of halogens is 2. The number of nitrogens with one attached hydrogen (secondary N) is 1. The quantitative estimate of drug-likeness (QED) is 0.894. The third kappa shape index (κ3) is 3.80. The average molecular weight is 316 g/mol. The van der Waals surface area contributed by atoms with E-state index >= 15 is 0 Å². The predicted octanol–water partition coefficient (Wildman–Crippen LogP) is 4.00. The van der Waals surface area contributed by atoms with Crippen LogP contribution in [-0.4, -0.2) is 12.5 Å². The van der Waals surface area contributed by atoms with Gasteiger partial charge in [-0.25, -0.2) is 4.39 Å². The molecule has 1 amide bonds. The zero-order valence-electron chi connectivity index (χ0n) is 11.2. The van der Waals surface area contributed by atoms with Gasteiger partial charge in [0.15, 0.2) is 0 Å². The van der Waals surface area contributed by atoms with E-state index in [2.05, 4.69) is 48.9 Å². The Balaban J connectivity index is 2.75. The Morgan fingerprint density at radius 3 is 2.61 bits per heavy atom. The number of carbonyl (C=O) groups is 1. The number of benzene rings is 1. The standard InChI is InChI=1S/C14H19BrFNO/c1-9(2)14(3,4)8-17-13(18)11-7-10(15)5-6-12(11)16/h5-7,9H,8H2,1-4H3,(H,17,18). The summed E-state index contributed by atoms with van der Waals surface area (Å²) in [5.41, 5.74) is 0.0574. The van der Waals surface area contributed by atoms with Crippen molar-refractivity contribution < 1.29 is 9.18 Å². The molecule has 0 aliphatic heterocycles. The largest absolute Gasteiger partial charge is 0.351 e. The second kappa shape index (κ2) is 5.83. The fraction of sp³-hybridized carbons (Fsp3) is 0.500. The molecule has 0 heterocycles. The van der Waals surface area contributed by atoms with Crippen molar-refractivity contribution in [2.45, 2.75) is 27.7 Å². The molecular weight excluding hydrogens is 297 g/mol. The van der Waals surface area contributed by atoms with Crippen LogP contribution in [0, 0.1) is 17.2 Å². The van der Waals surface area contributed by atoms with Gasteiger partial charge in [-0.3, -0.25) is 4.79 Å². The molecule has 1 aromatic rings. The molecule has 0 saturated heterocycles. The van der Waals surface area contributed by atoms with E-state index in [1.807, 2.05) is 0 Å². The van der Waals surface area contributed by atoms with Crippen LogP contribution in [0.4, 0.5) is 4.39 Å². The smallest absolute Gasteiger partial charge is 0.254 e. The minimum absolute atomic E-state index is 0.0157. The maximum absolute atomic E-state index is 13.5. The Morgan fingerprint density at radius 2 is 2.06 bits per heavy atom. The first-order valence-corrected chi connectivity index (χ1v) is 6.76. The maximum Gasteiger partial charge on any atom is 0.254 e. The lowest BCUT2D eigenvalue weighted by Crippen LogP contribution is -2.37. The van der Waals surface area contributed by atoms with Crippen molar-refractivity contribution in [3.63, 3.8) is 0 Å². The van der Waals surface area contributed by atoms with Crippen molar-refractivity contribution in [1.82, 2.24) is 5.32 Å². The first kappa shape index (κ1) is 15.2. The molecule has 4 heteroatoms. The molecule has 0 atom stereocenters. The molecule has 0 aromatic heterocycles. The Kier molecular flexibility index (Phi) is 4.91. The summed E-state index contributed by atoms with van der Waals surface area (Å²) in [6, 6.07) is 4.35. The van der Waals surface area contributed by atoms with E-state index in [0.29, 0.717) is 16.9 Å². The summed E-state index contributed by atoms with van der Waals surface area (Å²) in [6.45, 7) is 8.89. The molecule has 0 spiro atoms. The van der Waals surface area contributed by atoms with Crippen molar-refractivity contribution in [1.29, 1.82) is 0 Å². The number of amides is 1. The van der Waals surface area contributed by atoms with Crippen LogP contribution >= 0.6 is 15.9 Å². The van der Waals surface area contributed by atoms with E-state index < -0.39 is 5.82 Å². The van der Waals surface area contributed by atoms with E-state index in [4.69, 9.17) is 0 Å². The van der Waals surface area contributed by atoms with Gasteiger partial charge in [0.1, 0.15) is 5.82 Å². The van der Waals surface area contributed by atoms with Crippen molar-refractivity contribution >= 4 is 21.8 Å². The van der Waals surface area contributed by atoms with Crippen LogP contribution < -0.4 is 5.32 Å². The van der Waals surface area contributed by atoms with Gasteiger partial charge in [-0.2, -0.15) is 0 Å². The molecule has 100 valence electrons. The summed E-state index contributed by atoms with van der Waals surface area (Å²) in [5, 5.41) is 2.79. The highest BCUT2D eigenvalue weighted by atomic mass is 79.9.